The van der Waals surface area contributed by atoms with Crippen LogP contribution in [0.2, 0.25) is 0 Å². The summed E-state index contributed by atoms with van der Waals surface area (Å²) in [5.41, 5.74) is 1.91. The monoisotopic (exact) mass is 316 g/mol. The summed E-state index contributed by atoms with van der Waals surface area (Å²) < 4.78 is 17.8. The molecule has 0 atom stereocenters. The quantitative estimate of drug-likeness (QED) is 0.681. The van der Waals surface area contributed by atoms with Gasteiger partial charge in [-0.05, 0) is 12.1 Å². The second-order valence-electron chi connectivity index (χ2n) is 5.38. The van der Waals surface area contributed by atoms with Crippen LogP contribution in [0.3, 0.4) is 0 Å². The molecular weight excluding hydrogens is 300 g/mol. The minimum atomic E-state index is 0.596. The van der Waals surface area contributed by atoms with E-state index in [-0.39, 0.29) is 0 Å². The van der Waals surface area contributed by atoms with Gasteiger partial charge in [-0.2, -0.15) is 0 Å². The fourth-order valence-electron chi connectivity index (χ4n) is 2.70. The molecule has 1 heterocycles. The lowest BCUT2D eigenvalue weighted by atomic mass is 10.1. The van der Waals surface area contributed by atoms with E-state index in [2.05, 4.69) is 0 Å². The Bertz CT molecular complexity index is 883. The summed E-state index contributed by atoms with van der Waals surface area (Å²) in [5.74, 6) is 3.26. The summed E-state index contributed by atoms with van der Waals surface area (Å²) in [7, 11) is 1.62. The van der Waals surface area contributed by atoms with Crippen LogP contribution in [0.5, 0.6) is 17.2 Å². The number of fused-ring (bicyclic) bond motifs is 1. The van der Waals surface area contributed by atoms with E-state index in [1.54, 1.807) is 7.11 Å². The number of para-hydroxylation sites is 1. The molecule has 3 nitrogen and oxygen atoms in total. The summed E-state index contributed by atoms with van der Waals surface area (Å²) in [6.07, 6.45) is 0. The molecule has 0 fully saturated rings. The van der Waals surface area contributed by atoms with Crippen molar-refractivity contribution in [1.82, 2.24) is 0 Å². The van der Waals surface area contributed by atoms with Crippen LogP contribution in [-0.4, -0.2) is 7.11 Å². The Balaban J connectivity index is 1.90. The second-order valence-corrected chi connectivity index (χ2v) is 5.38. The Morgan fingerprint density at radius 2 is 1.21 bits per heavy atom. The number of methoxy groups -OCH3 is 1. The van der Waals surface area contributed by atoms with Gasteiger partial charge in [-0.3, -0.25) is 0 Å². The highest BCUT2D eigenvalue weighted by molar-refractivity contribution is 5.88. The van der Waals surface area contributed by atoms with E-state index in [0.717, 1.165) is 11.1 Å². The summed E-state index contributed by atoms with van der Waals surface area (Å²) in [4.78, 5) is 0. The van der Waals surface area contributed by atoms with Gasteiger partial charge in [0.1, 0.15) is 0 Å². The van der Waals surface area contributed by atoms with Gasteiger partial charge >= 0.3 is 0 Å². The summed E-state index contributed by atoms with van der Waals surface area (Å²) in [6, 6.07) is 25.5. The first-order valence-electron chi connectivity index (χ1n) is 7.74. The highest BCUT2D eigenvalue weighted by Gasteiger charge is 2.26. The average molecular weight is 316 g/mol. The molecule has 1 aliphatic rings. The second kappa shape index (κ2) is 6.13. The third-order valence-corrected chi connectivity index (χ3v) is 3.86. The van der Waals surface area contributed by atoms with E-state index in [4.69, 9.17) is 14.2 Å². The maximum absolute atomic E-state index is 6.24. The Morgan fingerprint density at radius 3 is 1.79 bits per heavy atom. The topological polar surface area (TPSA) is 27.7 Å². The maximum atomic E-state index is 6.24. The van der Waals surface area contributed by atoms with Crippen LogP contribution in [0, 0.1) is 0 Å². The predicted molar refractivity (Wildman–Crippen MR) is 93.9 cm³/mol. The highest BCUT2D eigenvalue weighted by Crippen LogP contribution is 2.46. The van der Waals surface area contributed by atoms with E-state index < -0.39 is 0 Å². The molecule has 0 saturated heterocycles. The van der Waals surface area contributed by atoms with E-state index in [1.165, 1.54) is 0 Å². The standard InChI is InChI=1S/C21H16O3/c1-22-17-13-8-14-18-21(17)24-20(16-11-6-3-7-12-16)19(23-18)15-9-4-2-5-10-15/h2-14H,1H3. The van der Waals surface area contributed by atoms with Crippen molar-refractivity contribution < 1.29 is 14.2 Å². The molecule has 3 aromatic carbocycles. The summed E-state index contributed by atoms with van der Waals surface area (Å²) in [5, 5.41) is 0. The molecule has 0 radical (unpaired) electrons. The molecule has 24 heavy (non-hydrogen) atoms. The van der Waals surface area contributed by atoms with Crippen LogP contribution in [0.25, 0.3) is 11.5 Å². The number of hydrogen-bond acceptors (Lipinski definition) is 3. The van der Waals surface area contributed by atoms with E-state index >= 15 is 0 Å². The molecule has 0 aromatic heterocycles. The van der Waals surface area contributed by atoms with Crippen molar-refractivity contribution in [3.05, 3.63) is 90.0 Å². The first kappa shape index (κ1) is 14.4. The van der Waals surface area contributed by atoms with Gasteiger partial charge in [0, 0.05) is 11.1 Å². The molecule has 0 amide bonds. The number of ether oxygens (including phenoxy) is 3. The van der Waals surface area contributed by atoms with Crippen molar-refractivity contribution in [3.8, 4) is 17.2 Å². The molecular formula is C21H16O3. The van der Waals surface area contributed by atoms with Crippen LogP contribution in [0.4, 0.5) is 0 Å². The van der Waals surface area contributed by atoms with E-state index in [9.17, 15) is 0 Å². The van der Waals surface area contributed by atoms with Gasteiger partial charge in [0.25, 0.3) is 0 Å². The van der Waals surface area contributed by atoms with Gasteiger partial charge in [0.05, 0.1) is 7.11 Å². The Kier molecular flexibility index (Phi) is 3.67. The lowest BCUT2D eigenvalue weighted by Gasteiger charge is -2.25. The Hall–Kier alpha value is -3.20. The first-order chi connectivity index (χ1) is 11.9. The van der Waals surface area contributed by atoms with Crippen molar-refractivity contribution in [2.45, 2.75) is 0 Å². The highest BCUT2D eigenvalue weighted by atomic mass is 16.6. The van der Waals surface area contributed by atoms with Crippen LogP contribution in [0.15, 0.2) is 78.9 Å². The third kappa shape index (κ3) is 2.50. The Morgan fingerprint density at radius 1 is 0.625 bits per heavy atom. The molecule has 0 aliphatic carbocycles. The summed E-state index contributed by atoms with van der Waals surface area (Å²) in [6.45, 7) is 0. The van der Waals surface area contributed by atoms with Crippen molar-refractivity contribution in [3.63, 3.8) is 0 Å². The van der Waals surface area contributed by atoms with Crippen LogP contribution in [0.1, 0.15) is 11.1 Å². The lowest BCUT2D eigenvalue weighted by Crippen LogP contribution is -2.11. The van der Waals surface area contributed by atoms with Crippen molar-refractivity contribution >= 4 is 11.5 Å². The smallest absolute Gasteiger partial charge is 0.211 e. The molecule has 0 spiro atoms. The maximum Gasteiger partial charge on any atom is 0.211 e. The van der Waals surface area contributed by atoms with Crippen molar-refractivity contribution in [2.24, 2.45) is 0 Å². The minimum absolute atomic E-state index is 0.596. The van der Waals surface area contributed by atoms with E-state index in [1.807, 2.05) is 78.9 Å². The van der Waals surface area contributed by atoms with Crippen molar-refractivity contribution in [1.29, 1.82) is 0 Å². The van der Waals surface area contributed by atoms with Gasteiger partial charge in [-0.25, -0.2) is 0 Å². The third-order valence-electron chi connectivity index (χ3n) is 3.86. The fourth-order valence-corrected chi connectivity index (χ4v) is 2.70. The fraction of sp³-hybridized carbons (Fsp3) is 0.0476. The van der Waals surface area contributed by atoms with Gasteiger partial charge < -0.3 is 14.2 Å². The summed E-state index contributed by atoms with van der Waals surface area (Å²) >= 11 is 0. The molecule has 118 valence electrons. The van der Waals surface area contributed by atoms with E-state index in [0.29, 0.717) is 28.8 Å². The SMILES string of the molecule is COc1cccc2c1OC(c1ccccc1)=C(c1ccccc1)O2. The minimum Gasteiger partial charge on any atom is -0.493 e. The molecule has 0 N–H and O–H groups in total. The number of benzene rings is 3. The lowest BCUT2D eigenvalue weighted by molar-refractivity contribution is 0.356. The zero-order valence-corrected chi connectivity index (χ0v) is 13.2. The largest absolute Gasteiger partial charge is 0.493 e. The molecule has 3 heteroatoms. The van der Waals surface area contributed by atoms with Gasteiger partial charge in [-0.15, -0.1) is 0 Å². The van der Waals surface area contributed by atoms with Crippen LogP contribution < -0.4 is 14.2 Å². The molecule has 1 aliphatic heterocycles. The molecule has 0 unspecified atom stereocenters. The van der Waals surface area contributed by atoms with Crippen LogP contribution in [-0.2, 0) is 0 Å². The van der Waals surface area contributed by atoms with Gasteiger partial charge in [-0.1, -0.05) is 66.7 Å². The predicted octanol–water partition coefficient (Wildman–Crippen LogP) is 4.99. The first-order valence-corrected chi connectivity index (χ1v) is 7.74. The zero-order chi connectivity index (χ0) is 16.4. The molecule has 3 aromatic rings. The number of hydrogen-bond donors (Lipinski definition) is 0. The molecule has 0 bridgehead atoms. The van der Waals surface area contributed by atoms with Gasteiger partial charge in [0.15, 0.2) is 23.0 Å². The van der Waals surface area contributed by atoms with Crippen molar-refractivity contribution in [2.75, 3.05) is 7.11 Å². The average Bonchev–Trinajstić information content (AvgIpc) is 2.68. The molecule has 0 saturated carbocycles. The normalized spacial score (nSPS) is 12.9. The van der Waals surface area contributed by atoms with Crippen LogP contribution >= 0.6 is 0 Å². The van der Waals surface area contributed by atoms with Gasteiger partial charge in [0.2, 0.25) is 5.75 Å². The molecule has 4 rings (SSSR count). The number of rotatable bonds is 3. The zero-order valence-electron chi connectivity index (χ0n) is 13.2. The Labute approximate surface area is 140 Å².